The number of halogens is 1. The van der Waals surface area contributed by atoms with Gasteiger partial charge < -0.3 is 16.0 Å². The van der Waals surface area contributed by atoms with E-state index in [4.69, 9.17) is 0 Å². The lowest BCUT2D eigenvalue weighted by molar-refractivity contribution is -0.384. The molecule has 0 bridgehead atoms. The van der Waals surface area contributed by atoms with E-state index in [1.54, 1.807) is 25.2 Å². The van der Waals surface area contributed by atoms with E-state index in [1.807, 2.05) is 25.6 Å². The number of aryl methyl sites for hydroxylation is 2. The Bertz CT molecular complexity index is 805. The van der Waals surface area contributed by atoms with Gasteiger partial charge in [0.1, 0.15) is 5.69 Å². The first-order valence-electron chi connectivity index (χ1n) is 8.35. The second-order valence-corrected chi connectivity index (χ2v) is 5.83. The lowest BCUT2D eigenvalue weighted by atomic mass is 10.2. The number of nitro groups is 1. The highest BCUT2D eigenvalue weighted by atomic mass is 127. The number of hydrogen-bond donors (Lipinski definition) is 3. The standard InChI is InChI=1S/C17H25N7O2.HI/c1-12-14(13(2)23(4)22-12)11-21-17(18-3)20-10-9-19-15-7-5-6-8-16(15)24(25)26;/h5-8,19H,9-11H2,1-4H3,(H2,18,20,21);1H. The number of anilines is 1. The van der Waals surface area contributed by atoms with Gasteiger partial charge in [0.2, 0.25) is 0 Å². The highest BCUT2D eigenvalue weighted by Crippen LogP contribution is 2.22. The number of rotatable bonds is 7. The number of nitrogens with zero attached hydrogens (tertiary/aromatic N) is 4. The van der Waals surface area contributed by atoms with Gasteiger partial charge in [-0.05, 0) is 19.9 Å². The van der Waals surface area contributed by atoms with E-state index >= 15 is 0 Å². The van der Waals surface area contributed by atoms with Crippen LogP contribution in [0.1, 0.15) is 17.0 Å². The van der Waals surface area contributed by atoms with Gasteiger partial charge in [-0.15, -0.1) is 24.0 Å². The zero-order chi connectivity index (χ0) is 19.1. The highest BCUT2D eigenvalue weighted by Gasteiger charge is 2.12. The molecule has 0 fully saturated rings. The van der Waals surface area contributed by atoms with Crippen LogP contribution in [-0.4, -0.2) is 40.8 Å². The third-order valence-corrected chi connectivity index (χ3v) is 4.15. The molecule has 10 heteroatoms. The monoisotopic (exact) mass is 487 g/mol. The smallest absolute Gasteiger partial charge is 0.292 e. The van der Waals surface area contributed by atoms with E-state index in [0.717, 1.165) is 17.0 Å². The first-order valence-corrected chi connectivity index (χ1v) is 8.35. The molecule has 0 aliphatic rings. The van der Waals surface area contributed by atoms with Gasteiger partial charge in [0.15, 0.2) is 5.96 Å². The summed E-state index contributed by atoms with van der Waals surface area (Å²) < 4.78 is 1.86. The third-order valence-electron chi connectivity index (χ3n) is 4.15. The highest BCUT2D eigenvalue weighted by molar-refractivity contribution is 14.0. The Labute approximate surface area is 175 Å². The number of aromatic nitrogens is 2. The average Bonchev–Trinajstić information content (AvgIpc) is 2.86. The van der Waals surface area contributed by atoms with Crippen molar-refractivity contribution in [3.05, 3.63) is 51.3 Å². The van der Waals surface area contributed by atoms with Crippen LogP contribution >= 0.6 is 24.0 Å². The topological polar surface area (TPSA) is 109 Å². The normalized spacial score (nSPS) is 10.9. The first-order chi connectivity index (χ1) is 12.4. The number of benzene rings is 1. The van der Waals surface area contributed by atoms with Crippen molar-refractivity contribution in [1.82, 2.24) is 20.4 Å². The molecule has 0 aliphatic heterocycles. The van der Waals surface area contributed by atoms with Crippen LogP contribution in [0, 0.1) is 24.0 Å². The minimum atomic E-state index is -0.394. The number of aliphatic imine (C=N–C) groups is 1. The number of nitrogens with one attached hydrogen (secondary N) is 3. The molecule has 0 atom stereocenters. The van der Waals surface area contributed by atoms with Crippen LogP contribution in [0.4, 0.5) is 11.4 Å². The zero-order valence-electron chi connectivity index (χ0n) is 15.9. The first kappa shape index (κ1) is 22.7. The lowest BCUT2D eigenvalue weighted by Crippen LogP contribution is -2.39. The van der Waals surface area contributed by atoms with Crippen molar-refractivity contribution in [3.8, 4) is 0 Å². The molecule has 9 nitrogen and oxygen atoms in total. The van der Waals surface area contributed by atoms with Gasteiger partial charge in [-0.1, -0.05) is 12.1 Å². The van der Waals surface area contributed by atoms with Gasteiger partial charge >= 0.3 is 0 Å². The molecule has 2 rings (SSSR count). The van der Waals surface area contributed by atoms with E-state index in [0.29, 0.717) is 31.3 Å². The van der Waals surface area contributed by atoms with Crippen molar-refractivity contribution in [2.75, 3.05) is 25.5 Å². The van der Waals surface area contributed by atoms with Gasteiger partial charge in [0, 0.05) is 51.1 Å². The summed E-state index contributed by atoms with van der Waals surface area (Å²) in [6.07, 6.45) is 0. The average molecular weight is 487 g/mol. The summed E-state index contributed by atoms with van der Waals surface area (Å²) in [7, 11) is 3.63. The Morgan fingerprint density at radius 3 is 2.56 bits per heavy atom. The molecular weight excluding hydrogens is 461 g/mol. The van der Waals surface area contributed by atoms with Gasteiger partial charge in [-0.3, -0.25) is 19.8 Å². The van der Waals surface area contributed by atoms with Crippen LogP contribution in [0.2, 0.25) is 0 Å². The van der Waals surface area contributed by atoms with Crippen molar-refractivity contribution < 1.29 is 4.92 Å². The second-order valence-electron chi connectivity index (χ2n) is 5.83. The molecule has 0 saturated carbocycles. The van der Waals surface area contributed by atoms with Gasteiger partial charge in [0.25, 0.3) is 5.69 Å². The van der Waals surface area contributed by atoms with Crippen LogP contribution in [0.25, 0.3) is 0 Å². The second kappa shape index (κ2) is 10.7. The molecule has 0 saturated heterocycles. The molecule has 0 radical (unpaired) electrons. The van der Waals surface area contributed by atoms with Crippen LogP contribution in [-0.2, 0) is 13.6 Å². The Kier molecular flexibility index (Phi) is 8.98. The molecule has 0 aliphatic carbocycles. The van der Waals surface area contributed by atoms with Crippen molar-refractivity contribution in [2.45, 2.75) is 20.4 Å². The van der Waals surface area contributed by atoms with Crippen molar-refractivity contribution in [3.63, 3.8) is 0 Å². The maximum absolute atomic E-state index is 11.0. The minimum Gasteiger partial charge on any atom is -0.378 e. The van der Waals surface area contributed by atoms with Crippen LogP contribution < -0.4 is 16.0 Å². The quantitative estimate of drug-likeness (QED) is 0.138. The van der Waals surface area contributed by atoms with Crippen LogP contribution in [0.5, 0.6) is 0 Å². The predicted octanol–water partition coefficient (Wildman–Crippen LogP) is 2.34. The van der Waals surface area contributed by atoms with Crippen molar-refractivity contribution >= 4 is 41.3 Å². The van der Waals surface area contributed by atoms with Gasteiger partial charge in [0.05, 0.1) is 10.6 Å². The fraction of sp³-hybridized carbons (Fsp3) is 0.412. The number of para-hydroxylation sites is 2. The summed E-state index contributed by atoms with van der Waals surface area (Å²) in [4.78, 5) is 14.8. The largest absolute Gasteiger partial charge is 0.378 e. The van der Waals surface area contributed by atoms with Gasteiger partial charge in [-0.25, -0.2) is 0 Å². The van der Waals surface area contributed by atoms with E-state index in [2.05, 4.69) is 26.0 Å². The molecule has 148 valence electrons. The molecule has 0 spiro atoms. The number of hydrogen-bond acceptors (Lipinski definition) is 5. The zero-order valence-corrected chi connectivity index (χ0v) is 18.3. The molecule has 1 aromatic carbocycles. The Morgan fingerprint density at radius 2 is 1.96 bits per heavy atom. The van der Waals surface area contributed by atoms with E-state index < -0.39 is 4.92 Å². The van der Waals surface area contributed by atoms with Crippen LogP contribution in [0.3, 0.4) is 0 Å². The fourth-order valence-electron chi connectivity index (χ4n) is 2.63. The Morgan fingerprint density at radius 1 is 1.26 bits per heavy atom. The molecular formula is C17H26IN7O2. The van der Waals surface area contributed by atoms with E-state index in [-0.39, 0.29) is 29.7 Å². The van der Waals surface area contributed by atoms with E-state index in [1.165, 1.54) is 6.07 Å². The number of guanidine groups is 1. The van der Waals surface area contributed by atoms with Crippen molar-refractivity contribution in [2.24, 2.45) is 12.0 Å². The van der Waals surface area contributed by atoms with Crippen molar-refractivity contribution in [1.29, 1.82) is 0 Å². The molecule has 3 N–H and O–H groups in total. The summed E-state index contributed by atoms with van der Waals surface area (Å²) in [6.45, 7) is 5.73. The number of nitro benzene ring substituents is 1. The lowest BCUT2D eigenvalue weighted by Gasteiger charge is -2.13. The summed E-state index contributed by atoms with van der Waals surface area (Å²) in [5.74, 6) is 0.664. The molecule has 1 aromatic heterocycles. The molecule has 0 amide bonds. The molecule has 1 heterocycles. The summed E-state index contributed by atoms with van der Waals surface area (Å²) in [5, 5.41) is 24.9. The van der Waals surface area contributed by atoms with Crippen LogP contribution in [0.15, 0.2) is 29.3 Å². The third kappa shape index (κ3) is 6.08. The summed E-state index contributed by atoms with van der Waals surface area (Å²) >= 11 is 0. The maximum Gasteiger partial charge on any atom is 0.292 e. The molecule has 0 unspecified atom stereocenters. The fourth-order valence-corrected chi connectivity index (χ4v) is 2.63. The SMILES string of the molecule is CN=C(NCCNc1ccccc1[N+](=O)[O-])NCc1c(C)nn(C)c1C.I. The predicted molar refractivity (Wildman–Crippen MR) is 118 cm³/mol. The van der Waals surface area contributed by atoms with E-state index in [9.17, 15) is 10.1 Å². The Balaban J connectivity index is 0.00000364. The molecule has 27 heavy (non-hydrogen) atoms. The molecule has 2 aromatic rings. The van der Waals surface area contributed by atoms with Gasteiger partial charge in [-0.2, -0.15) is 5.10 Å². The Hall–Kier alpha value is -2.37. The summed E-state index contributed by atoms with van der Waals surface area (Å²) in [6, 6.07) is 6.59. The summed E-state index contributed by atoms with van der Waals surface area (Å²) in [5.41, 5.74) is 3.82. The minimum absolute atomic E-state index is 0. The maximum atomic E-state index is 11.0.